The van der Waals surface area contributed by atoms with Gasteiger partial charge in [0.25, 0.3) is 0 Å². The summed E-state index contributed by atoms with van der Waals surface area (Å²) in [5, 5.41) is 0. The summed E-state index contributed by atoms with van der Waals surface area (Å²) in [7, 11) is 0. The zero-order valence-corrected chi connectivity index (χ0v) is 10.4. The fraction of sp³-hybridized carbons (Fsp3) is 0.0667. The van der Waals surface area contributed by atoms with Crippen molar-refractivity contribution in [1.29, 1.82) is 0 Å². The van der Waals surface area contributed by atoms with Crippen molar-refractivity contribution in [2.24, 2.45) is 5.73 Å². The van der Waals surface area contributed by atoms with Crippen LogP contribution in [0.15, 0.2) is 48.8 Å². The highest BCUT2D eigenvalue weighted by atomic mass is 19.2. The van der Waals surface area contributed by atoms with Gasteiger partial charge >= 0.3 is 0 Å². The lowest BCUT2D eigenvalue weighted by atomic mass is 9.97. The topological polar surface area (TPSA) is 51.8 Å². The average molecular weight is 271 g/mol. The van der Waals surface area contributed by atoms with Gasteiger partial charge in [0.15, 0.2) is 11.6 Å². The zero-order valence-electron chi connectivity index (χ0n) is 10.4. The molecule has 0 radical (unpaired) electrons. The molecule has 0 amide bonds. The summed E-state index contributed by atoms with van der Waals surface area (Å²) in [6, 6.07) is 8.47. The van der Waals surface area contributed by atoms with E-state index in [0.29, 0.717) is 16.6 Å². The van der Waals surface area contributed by atoms with Gasteiger partial charge in [-0.2, -0.15) is 0 Å². The van der Waals surface area contributed by atoms with Gasteiger partial charge in [-0.3, -0.25) is 9.97 Å². The largest absolute Gasteiger partial charge is 0.320 e. The predicted molar refractivity (Wildman–Crippen MR) is 71.9 cm³/mol. The lowest BCUT2D eigenvalue weighted by molar-refractivity contribution is 0.494. The third-order valence-corrected chi connectivity index (χ3v) is 3.18. The molecule has 5 heteroatoms. The van der Waals surface area contributed by atoms with E-state index in [4.69, 9.17) is 5.73 Å². The number of nitrogens with zero attached hydrogens (tertiary/aromatic N) is 2. The molecule has 1 aromatic heterocycles. The number of aromatic nitrogens is 2. The van der Waals surface area contributed by atoms with Crippen LogP contribution in [-0.2, 0) is 0 Å². The average Bonchev–Trinajstić information content (AvgIpc) is 2.49. The van der Waals surface area contributed by atoms with Crippen molar-refractivity contribution in [1.82, 2.24) is 9.97 Å². The molecule has 3 rings (SSSR count). The number of hydrogen-bond donors (Lipinski definition) is 1. The minimum absolute atomic E-state index is 0.100. The summed E-state index contributed by atoms with van der Waals surface area (Å²) >= 11 is 0. The van der Waals surface area contributed by atoms with Crippen molar-refractivity contribution in [2.75, 3.05) is 0 Å². The van der Waals surface area contributed by atoms with E-state index in [1.807, 2.05) is 0 Å². The highest BCUT2D eigenvalue weighted by Gasteiger charge is 2.18. The molecule has 0 saturated heterocycles. The fourth-order valence-corrected chi connectivity index (χ4v) is 2.19. The van der Waals surface area contributed by atoms with Crippen LogP contribution in [0.5, 0.6) is 0 Å². The van der Waals surface area contributed by atoms with Gasteiger partial charge in [0.2, 0.25) is 0 Å². The number of halogens is 2. The Morgan fingerprint density at radius 1 is 0.900 bits per heavy atom. The van der Waals surface area contributed by atoms with Gasteiger partial charge in [-0.15, -0.1) is 0 Å². The molecule has 0 spiro atoms. The maximum absolute atomic E-state index is 13.8. The van der Waals surface area contributed by atoms with Crippen LogP contribution in [0.1, 0.15) is 17.2 Å². The minimum Gasteiger partial charge on any atom is -0.320 e. The van der Waals surface area contributed by atoms with Gasteiger partial charge in [0, 0.05) is 23.5 Å². The van der Waals surface area contributed by atoms with Gasteiger partial charge in [-0.05, 0) is 12.1 Å². The molecule has 1 heterocycles. The zero-order chi connectivity index (χ0) is 14.1. The van der Waals surface area contributed by atoms with E-state index >= 15 is 0 Å². The first-order valence-electron chi connectivity index (χ1n) is 6.07. The second-order valence-electron chi connectivity index (χ2n) is 4.39. The standard InChI is InChI=1S/C15H11F2N3/c16-11-5-1-3-9(13(11)17)14(18)10-4-2-6-12-15(10)20-8-7-19-12/h1-8,14H,18H2. The summed E-state index contributed by atoms with van der Waals surface area (Å²) in [5.74, 6) is -1.84. The van der Waals surface area contributed by atoms with Crippen molar-refractivity contribution >= 4 is 11.0 Å². The number of rotatable bonds is 2. The summed E-state index contributed by atoms with van der Waals surface area (Å²) < 4.78 is 27.2. The van der Waals surface area contributed by atoms with E-state index in [1.165, 1.54) is 12.1 Å². The monoisotopic (exact) mass is 271 g/mol. The molecule has 20 heavy (non-hydrogen) atoms. The van der Waals surface area contributed by atoms with Crippen molar-refractivity contribution < 1.29 is 8.78 Å². The molecule has 1 unspecified atom stereocenters. The molecule has 0 saturated carbocycles. The van der Waals surface area contributed by atoms with Gasteiger partial charge in [-0.1, -0.05) is 24.3 Å². The van der Waals surface area contributed by atoms with Crippen molar-refractivity contribution in [3.63, 3.8) is 0 Å². The van der Waals surface area contributed by atoms with Crippen molar-refractivity contribution in [2.45, 2.75) is 6.04 Å². The molecule has 0 fully saturated rings. The number of para-hydroxylation sites is 1. The summed E-state index contributed by atoms with van der Waals surface area (Å²) in [6.45, 7) is 0. The van der Waals surface area contributed by atoms with Gasteiger partial charge in [-0.25, -0.2) is 8.78 Å². The van der Waals surface area contributed by atoms with Crippen LogP contribution in [0.25, 0.3) is 11.0 Å². The van der Waals surface area contributed by atoms with Crippen LogP contribution in [0.2, 0.25) is 0 Å². The van der Waals surface area contributed by atoms with Gasteiger partial charge in [0.1, 0.15) is 0 Å². The lowest BCUT2D eigenvalue weighted by Gasteiger charge is -2.15. The van der Waals surface area contributed by atoms with Gasteiger partial charge in [0.05, 0.1) is 17.1 Å². The number of benzene rings is 2. The quantitative estimate of drug-likeness (QED) is 0.779. The summed E-state index contributed by atoms with van der Waals surface area (Å²) in [5.41, 5.74) is 8.04. The molecule has 0 aliphatic heterocycles. The Balaban J connectivity index is 2.18. The summed E-state index contributed by atoms with van der Waals surface area (Å²) in [6.07, 6.45) is 3.11. The normalized spacial score (nSPS) is 12.6. The second-order valence-corrected chi connectivity index (χ2v) is 4.39. The van der Waals surface area contributed by atoms with E-state index in [2.05, 4.69) is 9.97 Å². The van der Waals surface area contributed by atoms with Crippen LogP contribution >= 0.6 is 0 Å². The molecular weight excluding hydrogens is 260 g/mol. The Hall–Kier alpha value is -2.40. The van der Waals surface area contributed by atoms with E-state index in [-0.39, 0.29) is 5.56 Å². The van der Waals surface area contributed by atoms with E-state index < -0.39 is 17.7 Å². The van der Waals surface area contributed by atoms with E-state index in [9.17, 15) is 8.78 Å². The first-order valence-corrected chi connectivity index (χ1v) is 6.07. The molecule has 2 aromatic carbocycles. The Bertz CT molecular complexity index is 769. The Kier molecular flexibility index (Phi) is 3.12. The molecule has 0 bridgehead atoms. The van der Waals surface area contributed by atoms with Crippen LogP contribution in [0, 0.1) is 11.6 Å². The lowest BCUT2D eigenvalue weighted by Crippen LogP contribution is -2.15. The SMILES string of the molecule is NC(c1cccc(F)c1F)c1cccc2nccnc12. The summed E-state index contributed by atoms with van der Waals surface area (Å²) in [4.78, 5) is 8.39. The number of fused-ring (bicyclic) bond motifs is 1. The number of hydrogen-bond acceptors (Lipinski definition) is 3. The Morgan fingerprint density at radius 2 is 1.60 bits per heavy atom. The first kappa shape index (κ1) is 12.6. The molecule has 0 aliphatic rings. The number of nitrogens with two attached hydrogens (primary N) is 1. The first-order chi connectivity index (χ1) is 9.68. The smallest absolute Gasteiger partial charge is 0.163 e. The highest BCUT2D eigenvalue weighted by molar-refractivity contribution is 5.78. The van der Waals surface area contributed by atoms with Crippen LogP contribution in [0.4, 0.5) is 8.78 Å². The fourth-order valence-electron chi connectivity index (χ4n) is 2.19. The Labute approximate surface area is 114 Å². The van der Waals surface area contributed by atoms with Crippen LogP contribution < -0.4 is 5.73 Å². The Morgan fingerprint density at radius 3 is 2.45 bits per heavy atom. The van der Waals surface area contributed by atoms with E-state index in [1.54, 1.807) is 30.6 Å². The molecule has 0 aliphatic carbocycles. The third-order valence-electron chi connectivity index (χ3n) is 3.18. The molecule has 3 aromatic rings. The molecular formula is C15H11F2N3. The molecule has 100 valence electrons. The third kappa shape index (κ3) is 2.02. The van der Waals surface area contributed by atoms with Crippen molar-refractivity contribution in [3.8, 4) is 0 Å². The van der Waals surface area contributed by atoms with Crippen molar-refractivity contribution in [3.05, 3.63) is 71.6 Å². The maximum atomic E-state index is 13.8. The molecule has 1 atom stereocenters. The minimum atomic E-state index is -0.930. The predicted octanol–water partition coefficient (Wildman–Crippen LogP) is 2.96. The second kappa shape index (κ2) is 4.94. The molecule has 3 nitrogen and oxygen atoms in total. The van der Waals surface area contributed by atoms with Crippen LogP contribution in [0.3, 0.4) is 0 Å². The van der Waals surface area contributed by atoms with E-state index in [0.717, 1.165) is 6.07 Å². The van der Waals surface area contributed by atoms with Gasteiger partial charge < -0.3 is 5.73 Å². The maximum Gasteiger partial charge on any atom is 0.163 e. The molecule has 2 N–H and O–H groups in total. The van der Waals surface area contributed by atoms with Crippen LogP contribution in [-0.4, -0.2) is 9.97 Å². The highest BCUT2D eigenvalue weighted by Crippen LogP contribution is 2.27.